The van der Waals surface area contributed by atoms with Crippen molar-refractivity contribution in [3.63, 3.8) is 0 Å². The van der Waals surface area contributed by atoms with Crippen LogP contribution in [-0.4, -0.2) is 28.6 Å². The van der Waals surface area contributed by atoms with Gasteiger partial charge in [0.25, 0.3) is 0 Å². The third kappa shape index (κ3) is 4.86. The van der Waals surface area contributed by atoms with E-state index in [2.05, 4.69) is 63.2 Å². The fourth-order valence-corrected chi connectivity index (χ4v) is 4.91. The lowest BCUT2D eigenvalue weighted by Gasteiger charge is -2.36. The van der Waals surface area contributed by atoms with E-state index in [9.17, 15) is 4.79 Å². The molecular weight excluding hydrogens is 374 g/mol. The van der Waals surface area contributed by atoms with Gasteiger partial charge in [0.1, 0.15) is 5.75 Å². The van der Waals surface area contributed by atoms with Gasteiger partial charge in [-0.2, -0.15) is 0 Å². The molecule has 1 saturated carbocycles. The number of hydrogen-bond acceptors (Lipinski definition) is 3. The van der Waals surface area contributed by atoms with Crippen LogP contribution in [0.3, 0.4) is 0 Å². The molecule has 2 aliphatic rings. The van der Waals surface area contributed by atoms with Gasteiger partial charge in [0.15, 0.2) is 0 Å². The number of carboxylic acid groups (broad SMARTS) is 1. The monoisotopic (exact) mass is 407 g/mol. The van der Waals surface area contributed by atoms with Gasteiger partial charge in [0.05, 0.1) is 12.6 Å². The van der Waals surface area contributed by atoms with Crippen LogP contribution < -0.4 is 4.74 Å². The van der Waals surface area contributed by atoms with Gasteiger partial charge in [-0.05, 0) is 77.5 Å². The summed E-state index contributed by atoms with van der Waals surface area (Å²) < 4.78 is 6.27. The van der Waals surface area contributed by atoms with Crippen molar-refractivity contribution in [2.45, 2.75) is 65.6 Å². The third-order valence-electron chi connectivity index (χ3n) is 6.74. The number of benzene rings is 2. The number of carboxylic acids is 1. The Morgan fingerprint density at radius 3 is 2.23 bits per heavy atom. The van der Waals surface area contributed by atoms with Gasteiger partial charge >= 0.3 is 5.97 Å². The zero-order valence-corrected chi connectivity index (χ0v) is 18.4. The van der Waals surface area contributed by atoms with Crippen LogP contribution in [0.2, 0.25) is 0 Å². The van der Waals surface area contributed by atoms with E-state index in [0.29, 0.717) is 24.6 Å². The van der Waals surface area contributed by atoms with Crippen molar-refractivity contribution in [1.29, 1.82) is 0 Å². The average Bonchev–Trinajstić information content (AvgIpc) is 3.09. The van der Waals surface area contributed by atoms with Crippen LogP contribution in [0, 0.1) is 11.3 Å². The molecule has 0 amide bonds. The van der Waals surface area contributed by atoms with Gasteiger partial charge < -0.3 is 9.84 Å². The van der Waals surface area contributed by atoms with Gasteiger partial charge in [-0.3, -0.25) is 9.69 Å². The molecule has 0 spiro atoms. The summed E-state index contributed by atoms with van der Waals surface area (Å²) in [5.74, 6) is 0.975. The molecule has 160 valence electrons. The Labute approximate surface area is 179 Å². The first-order chi connectivity index (χ1) is 14.3. The van der Waals surface area contributed by atoms with Crippen molar-refractivity contribution in [2.75, 3.05) is 6.54 Å². The highest BCUT2D eigenvalue weighted by molar-refractivity contribution is 5.69. The molecular formula is C26H33NO3. The summed E-state index contributed by atoms with van der Waals surface area (Å²) in [7, 11) is 0. The molecule has 0 aromatic heterocycles. The van der Waals surface area contributed by atoms with E-state index in [4.69, 9.17) is 9.84 Å². The predicted molar refractivity (Wildman–Crippen MR) is 119 cm³/mol. The number of fused-ring (bicyclic) bond motifs is 1. The molecule has 0 atom stereocenters. The van der Waals surface area contributed by atoms with Crippen molar-refractivity contribution in [2.24, 2.45) is 11.3 Å². The maximum Gasteiger partial charge on any atom is 0.317 e. The number of aliphatic carboxylic acids is 1. The molecule has 1 heterocycles. The number of rotatable bonds is 5. The Balaban J connectivity index is 1.36. The van der Waals surface area contributed by atoms with Gasteiger partial charge in [-0.25, -0.2) is 0 Å². The van der Waals surface area contributed by atoms with Crippen molar-refractivity contribution in [3.05, 3.63) is 53.6 Å². The average molecular weight is 408 g/mol. The van der Waals surface area contributed by atoms with E-state index in [-0.39, 0.29) is 6.54 Å². The molecule has 4 nitrogen and oxygen atoms in total. The lowest BCUT2D eigenvalue weighted by atomic mass is 9.72. The zero-order chi connectivity index (χ0) is 21.3. The Bertz CT molecular complexity index is 889. The molecule has 0 bridgehead atoms. The van der Waals surface area contributed by atoms with Gasteiger partial charge in [0.2, 0.25) is 0 Å². The van der Waals surface area contributed by atoms with Crippen LogP contribution in [0.4, 0.5) is 0 Å². The fourth-order valence-electron chi connectivity index (χ4n) is 4.91. The fraction of sp³-hybridized carbons (Fsp3) is 0.500. The summed E-state index contributed by atoms with van der Waals surface area (Å²) in [6.07, 6.45) is 5.11. The highest BCUT2D eigenvalue weighted by Crippen LogP contribution is 2.39. The summed E-state index contributed by atoms with van der Waals surface area (Å²) >= 11 is 0. The summed E-state index contributed by atoms with van der Waals surface area (Å²) in [5.41, 5.74) is 5.18. The smallest absolute Gasteiger partial charge is 0.317 e. The molecule has 2 aromatic rings. The minimum Gasteiger partial charge on any atom is -0.490 e. The first kappa shape index (κ1) is 20.9. The molecule has 4 rings (SSSR count). The first-order valence-electron chi connectivity index (χ1n) is 11.1. The van der Waals surface area contributed by atoms with Gasteiger partial charge in [0, 0.05) is 13.1 Å². The lowest BCUT2D eigenvalue weighted by Crippen LogP contribution is -2.30. The van der Waals surface area contributed by atoms with E-state index < -0.39 is 5.97 Å². The van der Waals surface area contributed by atoms with E-state index in [1.807, 2.05) is 4.90 Å². The zero-order valence-electron chi connectivity index (χ0n) is 18.4. The van der Waals surface area contributed by atoms with Crippen LogP contribution in [0.15, 0.2) is 42.5 Å². The second kappa shape index (κ2) is 8.43. The normalized spacial score (nSPS) is 22.0. The highest BCUT2D eigenvalue weighted by Gasteiger charge is 2.30. The molecule has 0 saturated heterocycles. The minimum atomic E-state index is -0.773. The summed E-state index contributed by atoms with van der Waals surface area (Å²) in [6.45, 7) is 8.55. The van der Waals surface area contributed by atoms with Gasteiger partial charge in [-0.15, -0.1) is 0 Å². The standard InChI is InChI=1S/C26H33NO3/c1-26(2,3)22-8-12-24(13-9-22)30-23-10-6-18(7-11-23)19-4-5-20-15-27(17-25(28)29)16-21(20)14-19/h4-7,10-11,14,22,24H,8-9,12-13,15-17H2,1-3H3,(H,28,29). The molecule has 2 aromatic carbocycles. The summed E-state index contributed by atoms with van der Waals surface area (Å²) in [4.78, 5) is 12.9. The van der Waals surface area contributed by atoms with Crippen molar-refractivity contribution in [3.8, 4) is 16.9 Å². The van der Waals surface area contributed by atoms with Gasteiger partial charge in [-0.1, -0.05) is 45.0 Å². The van der Waals surface area contributed by atoms with Crippen molar-refractivity contribution >= 4 is 5.97 Å². The number of ether oxygens (including phenoxy) is 1. The lowest BCUT2D eigenvalue weighted by molar-refractivity contribution is -0.138. The Kier molecular flexibility index (Phi) is 5.88. The Morgan fingerprint density at radius 1 is 0.967 bits per heavy atom. The Hall–Kier alpha value is -2.33. The highest BCUT2D eigenvalue weighted by atomic mass is 16.5. The van der Waals surface area contributed by atoms with Crippen LogP contribution in [0.5, 0.6) is 5.75 Å². The second-order valence-corrected chi connectivity index (χ2v) is 10.0. The predicted octanol–water partition coefficient (Wildman–Crippen LogP) is 5.74. The number of carbonyl (C=O) groups is 1. The first-order valence-corrected chi connectivity index (χ1v) is 11.1. The van der Waals surface area contributed by atoms with E-state index in [1.54, 1.807) is 0 Å². The van der Waals surface area contributed by atoms with Crippen LogP contribution in [-0.2, 0) is 17.9 Å². The maximum absolute atomic E-state index is 11.0. The Morgan fingerprint density at radius 2 is 1.60 bits per heavy atom. The van der Waals surface area contributed by atoms with Crippen molar-refractivity contribution < 1.29 is 14.6 Å². The number of nitrogens with zero attached hydrogens (tertiary/aromatic N) is 1. The van der Waals surface area contributed by atoms with Crippen LogP contribution >= 0.6 is 0 Å². The molecule has 30 heavy (non-hydrogen) atoms. The SMILES string of the molecule is CC(C)(C)C1CCC(Oc2ccc(-c3ccc4c(c3)CN(CC(=O)O)C4)cc2)CC1. The van der Waals surface area contributed by atoms with Crippen LogP contribution in [0.1, 0.15) is 57.6 Å². The van der Waals surface area contributed by atoms with E-state index >= 15 is 0 Å². The largest absolute Gasteiger partial charge is 0.490 e. The molecule has 1 aliphatic heterocycles. The summed E-state index contributed by atoms with van der Waals surface area (Å²) in [6, 6.07) is 14.9. The summed E-state index contributed by atoms with van der Waals surface area (Å²) in [5, 5.41) is 9.02. The van der Waals surface area contributed by atoms with E-state index in [1.165, 1.54) is 35.1 Å². The molecule has 1 N–H and O–H groups in total. The number of hydrogen-bond donors (Lipinski definition) is 1. The quantitative estimate of drug-likeness (QED) is 0.687. The second-order valence-electron chi connectivity index (χ2n) is 10.0. The van der Waals surface area contributed by atoms with E-state index in [0.717, 1.165) is 24.5 Å². The van der Waals surface area contributed by atoms with Crippen LogP contribution in [0.25, 0.3) is 11.1 Å². The molecule has 1 aliphatic carbocycles. The maximum atomic E-state index is 11.0. The molecule has 1 fully saturated rings. The third-order valence-corrected chi connectivity index (χ3v) is 6.74. The molecule has 4 heteroatoms. The minimum absolute atomic E-state index is 0.0910. The topological polar surface area (TPSA) is 49.8 Å². The van der Waals surface area contributed by atoms with Crippen molar-refractivity contribution in [1.82, 2.24) is 4.90 Å². The molecule has 0 unspecified atom stereocenters. The molecule has 0 radical (unpaired) electrons.